The fraction of sp³-hybridized carbons (Fsp3) is 0.923. The van der Waals surface area contributed by atoms with Gasteiger partial charge in [0.25, 0.3) is 0 Å². The summed E-state index contributed by atoms with van der Waals surface area (Å²) in [6.07, 6.45) is 1.68. The van der Waals surface area contributed by atoms with E-state index in [9.17, 15) is 4.79 Å². The topological polar surface area (TPSA) is 29.5 Å². The lowest BCUT2D eigenvalue weighted by Crippen LogP contribution is -2.29. The van der Waals surface area contributed by atoms with Crippen LogP contribution in [0.15, 0.2) is 0 Å². The maximum absolute atomic E-state index is 11.8. The van der Waals surface area contributed by atoms with Crippen LogP contribution in [0.1, 0.15) is 40.5 Å². The van der Waals surface area contributed by atoms with Gasteiger partial charge in [-0.1, -0.05) is 27.7 Å². The van der Waals surface area contributed by atoms with Crippen LogP contribution in [0, 0.1) is 11.3 Å². The molecule has 0 N–H and O–H groups in total. The van der Waals surface area contributed by atoms with E-state index in [4.69, 9.17) is 4.74 Å². The molecule has 0 unspecified atom stereocenters. The SMILES string of the molecule is C[C@@H]1CCN(C(=O)CCOCC(C)(C)C)C1. The van der Waals surface area contributed by atoms with E-state index in [1.807, 2.05) is 4.90 Å². The van der Waals surface area contributed by atoms with Crippen molar-refractivity contribution in [3.8, 4) is 0 Å². The summed E-state index contributed by atoms with van der Waals surface area (Å²) in [5, 5.41) is 0. The predicted molar refractivity (Wildman–Crippen MR) is 65.3 cm³/mol. The normalized spacial score (nSPS) is 21.5. The zero-order valence-corrected chi connectivity index (χ0v) is 11.1. The Balaban J connectivity index is 2.11. The number of carbonyl (C=O) groups excluding carboxylic acids is 1. The van der Waals surface area contributed by atoms with Crippen molar-refractivity contribution in [2.24, 2.45) is 11.3 Å². The third kappa shape index (κ3) is 4.97. The highest BCUT2D eigenvalue weighted by atomic mass is 16.5. The fourth-order valence-electron chi connectivity index (χ4n) is 1.86. The standard InChI is InChI=1S/C13H25NO2/c1-11-5-7-14(9-11)12(15)6-8-16-10-13(2,3)4/h11H,5-10H2,1-4H3/t11-/m1/s1. The van der Waals surface area contributed by atoms with E-state index in [1.54, 1.807) is 0 Å². The van der Waals surface area contributed by atoms with Crippen molar-refractivity contribution in [3.63, 3.8) is 0 Å². The van der Waals surface area contributed by atoms with Gasteiger partial charge in [-0.25, -0.2) is 0 Å². The molecule has 0 bridgehead atoms. The third-order valence-corrected chi connectivity index (χ3v) is 2.77. The molecule has 3 heteroatoms. The summed E-state index contributed by atoms with van der Waals surface area (Å²) in [5.41, 5.74) is 0.186. The van der Waals surface area contributed by atoms with Gasteiger partial charge in [-0.3, -0.25) is 4.79 Å². The summed E-state index contributed by atoms with van der Waals surface area (Å²) >= 11 is 0. The second-order valence-corrected chi connectivity index (χ2v) is 6.10. The van der Waals surface area contributed by atoms with Gasteiger partial charge in [0.2, 0.25) is 5.91 Å². The van der Waals surface area contributed by atoms with Crippen molar-refractivity contribution in [3.05, 3.63) is 0 Å². The predicted octanol–water partition coefficient (Wildman–Crippen LogP) is 2.31. The third-order valence-electron chi connectivity index (χ3n) is 2.77. The highest BCUT2D eigenvalue weighted by molar-refractivity contribution is 5.76. The van der Waals surface area contributed by atoms with E-state index in [0.29, 0.717) is 18.9 Å². The van der Waals surface area contributed by atoms with E-state index in [-0.39, 0.29) is 11.3 Å². The number of hydrogen-bond donors (Lipinski definition) is 0. The molecule has 0 aromatic carbocycles. The van der Waals surface area contributed by atoms with Crippen LogP contribution in [0.25, 0.3) is 0 Å². The van der Waals surface area contributed by atoms with Gasteiger partial charge in [-0.05, 0) is 17.8 Å². The van der Waals surface area contributed by atoms with E-state index >= 15 is 0 Å². The quantitative estimate of drug-likeness (QED) is 0.690. The lowest BCUT2D eigenvalue weighted by atomic mass is 9.99. The number of carbonyl (C=O) groups is 1. The molecule has 0 aromatic rings. The molecule has 0 aromatic heterocycles. The number of hydrogen-bond acceptors (Lipinski definition) is 2. The molecule has 1 aliphatic rings. The monoisotopic (exact) mass is 227 g/mol. The van der Waals surface area contributed by atoms with Crippen molar-refractivity contribution in [2.45, 2.75) is 40.5 Å². The summed E-state index contributed by atoms with van der Waals surface area (Å²) < 4.78 is 5.51. The van der Waals surface area contributed by atoms with Crippen LogP contribution in [0.5, 0.6) is 0 Å². The Bertz CT molecular complexity index is 233. The molecule has 94 valence electrons. The van der Waals surface area contributed by atoms with Gasteiger partial charge in [-0.15, -0.1) is 0 Å². The molecule has 1 fully saturated rings. The lowest BCUT2D eigenvalue weighted by Gasteiger charge is -2.19. The first kappa shape index (κ1) is 13.5. The highest BCUT2D eigenvalue weighted by Gasteiger charge is 2.22. The molecule has 16 heavy (non-hydrogen) atoms. The molecule has 1 rings (SSSR count). The van der Waals surface area contributed by atoms with Gasteiger partial charge < -0.3 is 9.64 Å². The van der Waals surface area contributed by atoms with Gasteiger partial charge in [0.05, 0.1) is 19.6 Å². The van der Waals surface area contributed by atoms with Gasteiger partial charge in [0.15, 0.2) is 0 Å². The Morgan fingerprint density at radius 2 is 2.12 bits per heavy atom. The Hall–Kier alpha value is -0.570. The molecule has 1 amide bonds. The van der Waals surface area contributed by atoms with E-state index in [1.165, 1.54) is 0 Å². The van der Waals surface area contributed by atoms with Crippen molar-refractivity contribution < 1.29 is 9.53 Å². The molecular weight excluding hydrogens is 202 g/mol. The van der Waals surface area contributed by atoms with Crippen LogP contribution >= 0.6 is 0 Å². The number of ether oxygens (including phenoxy) is 1. The zero-order chi connectivity index (χ0) is 12.2. The molecule has 3 nitrogen and oxygen atoms in total. The second kappa shape index (κ2) is 5.67. The van der Waals surface area contributed by atoms with Crippen molar-refractivity contribution in [1.82, 2.24) is 4.90 Å². The zero-order valence-electron chi connectivity index (χ0n) is 11.1. The minimum Gasteiger partial charge on any atom is -0.380 e. The summed E-state index contributed by atoms with van der Waals surface area (Å²) in [6, 6.07) is 0. The Kier molecular flexibility index (Phi) is 4.78. The molecular formula is C13H25NO2. The summed E-state index contributed by atoms with van der Waals surface area (Å²) in [7, 11) is 0. The summed E-state index contributed by atoms with van der Waals surface area (Å²) in [5.74, 6) is 0.915. The van der Waals surface area contributed by atoms with Crippen LogP contribution in [0.2, 0.25) is 0 Å². The lowest BCUT2D eigenvalue weighted by molar-refractivity contribution is -0.131. The van der Waals surface area contributed by atoms with Crippen molar-refractivity contribution >= 4 is 5.91 Å². The van der Waals surface area contributed by atoms with Crippen LogP contribution in [0.4, 0.5) is 0 Å². The maximum Gasteiger partial charge on any atom is 0.224 e. The average molecular weight is 227 g/mol. The first-order valence-electron chi connectivity index (χ1n) is 6.24. The van der Waals surface area contributed by atoms with Crippen LogP contribution in [-0.2, 0) is 9.53 Å². The summed E-state index contributed by atoms with van der Waals surface area (Å²) in [4.78, 5) is 13.7. The van der Waals surface area contributed by atoms with E-state index in [2.05, 4.69) is 27.7 Å². The molecule has 1 heterocycles. The molecule has 0 radical (unpaired) electrons. The van der Waals surface area contributed by atoms with E-state index in [0.717, 1.165) is 26.1 Å². The average Bonchev–Trinajstić information content (AvgIpc) is 2.57. The minimum absolute atomic E-state index is 0.186. The molecule has 1 atom stereocenters. The van der Waals surface area contributed by atoms with Gasteiger partial charge >= 0.3 is 0 Å². The second-order valence-electron chi connectivity index (χ2n) is 6.10. The maximum atomic E-state index is 11.8. The molecule has 0 saturated carbocycles. The number of nitrogens with zero attached hydrogens (tertiary/aromatic N) is 1. The Morgan fingerprint density at radius 3 is 2.62 bits per heavy atom. The van der Waals surface area contributed by atoms with E-state index < -0.39 is 0 Å². The smallest absolute Gasteiger partial charge is 0.224 e. The van der Waals surface area contributed by atoms with Gasteiger partial charge in [-0.2, -0.15) is 0 Å². The Morgan fingerprint density at radius 1 is 1.44 bits per heavy atom. The van der Waals surface area contributed by atoms with Crippen LogP contribution in [0.3, 0.4) is 0 Å². The van der Waals surface area contributed by atoms with Crippen LogP contribution in [-0.4, -0.2) is 37.1 Å². The molecule has 0 aliphatic carbocycles. The number of rotatable bonds is 4. The number of amides is 1. The van der Waals surface area contributed by atoms with Gasteiger partial charge in [0.1, 0.15) is 0 Å². The number of likely N-dealkylation sites (tertiary alicyclic amines) is 1. The molecule has 0 spiro atoms. The first-order valence-corrected chi connectivity index (χ1v) is 6.24. The largest absolute Gasteiger partial charge is 0.380 e. The molecule has 1 aliphatic heterocycles. The van der Waals surface area contributed by atoms with Gasteiger partial charge in [0, 0.05) is 13.1 Å². The Labute approximate surface area is 99.1 Å². The highest BCUT2D eigenvalue weighted by Crippen LogP contribution is 2.16. The molecule has 1 saturated heterocycles. The van der Waals surface area contributed by atoms with Crippen molar-refractivity contribution in [1.29, 1.82) is 0 Å². The fourth-order valence-corrected chi connectivity index (χ4v) is 1.86. The van der Waals surface area contributed by atoms with Crippen LogP contribution < -0.4 is 0 Å². The minimum atomic E-state index is 0.186. The van der Waals surface area contributed by atoms with Crippen molar-refractivity contribution in [2.75, 3.05) is 26.3 Å². The first-order chi connectivity index (χ1) is 7.38. The summed E-state index contributed by atoms with van der Waals surface area (Å²) in [6.45, 7) is 11.7.